The fourth-order valence-corrected chi connectivity index (χ4v) is 2.41. The van der Waals surface area contributed by atoms with Crippen molar-refractivity contribution in [3.63, 3.8) is 0 Å². The second kappa shape index (κ2) is 6.68. The Labute approximate surface area is 114 Å². The van der Waals surface area contributed by atoms with E-state index in [1.807, 2.05) is 19.1 Å². The van der Waals surface area contributed by atoms with Crippen molar-refractivity contribution >= 4 is 5.91 Å². The van der Waals surface area contributed by atoms with Gasteiger partial charge in [-0.15, -0.1) is 0 Å². The van der Waals surface area contributed by atoms with Crippen LogP contribution in [0.3, 0.4) is 0 Å². The maximum atomic E-state index is 11.1. The van der Waals surface area contributed by atoms with Crippen LogP contribution in [0.15, 0.2) is 18.2 Å². The summed E-state index contributed by atoms with van der Waals surface area (Å²) in [6.07, 6.45) is 2.29. The molecule has 19 heavy (non-hydrogen) atoms. The maximum Gasteiger partial charge on any atom is 0.248 e. The highest BCUT2D eigenvalue weighted by Crippen LogP contribution is 2.14. The number of nitrogens with one attached hydrogen (secondary N) is 1. The normalized spacial score (nSPS) is 16.5. The van der Waals surface area contributed by atoms with E-state index >= 15 is 0 Å². The molecule has 0 aromatic heterocycles. The van der Waals surface area contributed by atoms with Crippen LogP contribution in [0.2, 0.25) is 0 Å². The van der Waals surface area contributed by atoms with Crippen LogP contribution in [0.5, 0.6) is 0 Å². The van der Waals surface area contributed by atoms with Gasteiger partial charge in [0, 0.05) is 25.3 Å². The molecule has 1 saturated heterocycles. The molecule has 1 aliphatic rings. The Bertz CT molecular complexity index is 440. The molecule has 104 valence electrons. The molecule has 1 aromatic carbocycles. The summed E-state index contributed by atoms with van der Waals surface area (Å²) in [7, 11) is 0. The van der Waals surface area contributed by atoms with Gasteiger partial charge in [-0.25, -0.2) is 0 Å². The number of primary amides is 1. The monoisotopic (exact) mass is 262 g/mol. The molecule has 4 heteroatoms. The summed E-state index contributed by atoms with van der Waals surface area (Å²) in [5.74, 6) is 0.351. The van der Waals surface area contributed by atoms with Gasteiger partial charge in [0.2, 0.25) is 5.91 Å². The lowest BCUT2D eigenvalue weighted by Crippen LogP contribution is -2.27. The predicted molar refractivity (Wildman–Crippen MR) is 74.9 cm³/mol. The first-order valence-corrected chi connectivity index (χ1v) is 6.84. The standard InChI is InChI=1S/C15H22N2O2/c1-11-8-13(15(16)18)2-3-14(11)10-17-9-12-4-6-19-7-5-12/h2-3,8,12,17H,4-7,9-10H2,1H3,(H2,16,18). The second-order valence-corrected chi connectivity index (χ2v) is 5.19. The van der Waals surface area contributed by atoms with E-state index in [-0.39, 0.29) is 5.91 Å². The number of carbonyl (C=O) groups excluding carboxylic acids is 1. The first kappa shape index (κ1) is 14.0. The highest BCUT2D eigenvalue weighted by molar-refractivity contribution is 5.93. The van der Waals surface area contributed by atoms with Crippen molar-refractivity contribution in [2.24, 2.45) is 11.7 Å². The quantitative estimate of drug-likeness (QED) is 0.847. The second-order valence-electron chi connectivity index (χ2n) is 5.19. The lowest BCUT2D eigenvalue weighted by molar-refractivity contribution is 0.0662. The van der Waals surface area contributed by atoms with Gasteiger partial charge in [-0.2, -0.15) is 0 Å². The SMILES string of the molecule is Cc1cc(C(N)=O)ccc1CNCC1CCOCC1. The molecule has 3 N–H and O–H groups in total. The minimum Gasteiger partial charge on any atom is -0.381 e. The molecule has 1 aliphatic heterocycles. The minimum atomic E-state index is -0.371. The van der Waals surface area contributed by atoms with E-state index in [1.54, 1.807) is 6.07 Å². The van der Waals surface area contributed by atoms with Gasteiger partial charge in [0.25, 0.3) is 0 Å². The number of rotatable bonds is 5. The topological polar surface area (TPSA) is 64.4 Å². The zero-order valence-corrected chi connectivity index (χ0v) is 11.4. The maximum absolute atomic E-state index is 11.1. The molecule has 1 amide bonds. The van der Waals surface area contributed by atoms with Crippen molar-refractivity contribution in [3.8, 4) is 0 Å². The van der Waals surface area contributed by atoms with Gasteiger partial charge in [-0.05, 0) is 55.5 Å². The summed E-state index contributed by atoms with van der Waals surface area (Å²) in [4.78, 5) is 11.1. The molecule has 0 radical (unpaired) electrons. The summed E-state index contributed by atoms with van der Waals surface area (Å²) >= 11 is 0. The Morgan fingerprint density at radius 2 is 2.16 bits per heavy atom. The Balaban J connectivity index is 1.83. The summed E-state index contributed by atoms with van der Waals surface area (Å²) in [5.41, 5.74) is 8.17. The van der Waals surface area contributed by atoms with E-state index in [9.17, 15) is 4.79 Å². The van der Waals surface area contributed by atoms with Crippen molar-refractivity contribution in [3.05, 3.63) is 34.9 Å². The van der Waals surface area contributed by atoms with E-state index in [0.717, 1.165) is 50.6 Å². The molecule has 0 atom stereocenters. The highest BCUT2D eigenvalue weighted by atomic mass is 16.5. The average Bonchev–Trinajstić information content (AvgIpc) is 2.41. The molecule has 4 nitrogen and oxygen atoms in total. The molecule has 0 saturated carbocycles. The summed E-state index contributed by atoms with van der Waals surface area (Å²) in [6, 6.07) is 5.63. The Kier molecular flexibility index (Phi) is 4.93. The van der Waals surface area contributed by atoms with Crippen molar-refractivity contribution in [2.45, 2.75) is 26.3 Å². The van der Waals surface area contributed by atoms with Crippen LogP contribution in [0.1, 0.15) is 34.3 Å². The number of aryl methyl sites for hydroxylation is 1. The predicted octanol–water partition coefficient (Wildman–Crippen LogP) is 1.61. The zero-order chi connectivity index (χ0) is 13.7. The van der Waals surface area contributed by atoms with Gasteiger partial charge in [0.05, 0.1) is 0 Å². The van der Waals surface area contributed by atoms with Crippen LogP contribution in [0.25, 0.3) is 0 Å². The van der Waals surface area contributed by atoms with Gasteiger partial charge in [0.15, 0.2) is 0 Å². The number of hydrogen-bond acceptors (Lipinski definition) is 3. The van der Waals surface area contributed by atoms with Gasteiger partial charge in [0.1, 0.15) is 0 Å². The number of nitrogens with two attached hydrogens (primary N) is 1. The van der Waals surface area contributed by atoms with Gasteiger partial charge in [-0.1, -0.05) is 6.07 Å². The molecule has 1 aromatic rings. The molecule has 0 aliphatic carbocycles. The van der Waals surface area contributed by atoms with E-state index < -0.39 is 0 Å². The number of hydrogen-bond donors (Lipinski definition) is 2. The lowest BCUT2D eigenvalue weighted by Gasteiger charge is -2.22. The van der Waals surface area contributed by atoms with Crippen LogP contribution in [-0.4, -0.2) is 25.7 Å². The smallest absolute Gasteiger partial charge is 0.248 e. The first-order chi connectivity index (χ1) is 9.16. The molecular weight excluding hydrogens is 240 g/mol. The summed E-state index contributed by atoms with van der Waals surface area (Å²) < 4.78 is 5.35. The molecule has 0 unspecified atom stereocenters. The molecule has 2 rings (SSSR count). The lowest BCUT2D eigenvalue weighted by atomic mass is 10.00. The number of benzene rings is 1. The molecule has 0 spiro atoms. The van der Waals surface area contributed by atoms with Gasteiger partial charge < -0.3 is 15.8 Å². The van der Waals surface area contributed by atoms with Crippen LogP contribution in [-0.2, 0) is 11.3 Å². The van der Waals surface area contributed by atoms with Crippen molar-refractivity contribution in [1.82, 2.24) is 5.32 Å². The Morgan fingerprint density at radius 1 is 1.42 bits per heavy atom. The van der Waals surface area contributed by atoms with E-state index in [2.05, 4.69) is 5.32 Å². The fraction of sp³-hybridized carbons (Fsp3) is 0.533. The third-order valence-electron chi connectivity index (χ3n) is 3.72. The first-order valence-electron chi connectivity index (χ1n) is 6.84. The molecule has 0 bridgehead atoms. The molecular formula is C15H22N2O2. The van der Waals surface area contributed by atoms with Gasteiger partial charge in [-0.3, -0.25) is 4.79 Å². The number of amides is 1. The minimum absolute atomic E-state index is 0.371. The van der Waals surface area contributed by atoms with E-state index in [0.29, 0.717) is 5.56 Å². The average molecular weight is 262 g/mol. The number of ether oxygens (including phenoxy) is 1. The molecule has 1 fully saturated rings. The Morgan fingerprint density at radius 3 is 2.79 bits per heavy atom. The molecule has 1 heterocycles. The summed E-state index contributed by atoms with van der Waals surface area (Å²) in [6.45, 7) is 5.65. The third kappa shape index (κ3) is 4.04. The van der Waals surface area contributed by atoms with Crippen LogP contribution in [0, 0.1) is 12.8 Å². The fourth-order valence-electron chi connectivity index (χ4n) is 2.41. The van der Waals surface area contributed by atoms with Crippen LogP contribution < -0.4 is 11.1 Å². The van der Waals surface area contributed by atoms with Crippen molar-refractivity contribution < 1.29 is 9.53 Å². The van der Waals surface area contributed by atoms with Gasteiger partial charge >= 0.3 is 0 Å². The highest BCUT2D eigenvalue weighted by Gasteiger charge is 2.13. The third-order valence-corrected chi connectivity index (χ3v) is 3.72. The van der Waals surface area contributed by atoms with Crippen LogP contribution in [0.4, 0.5) is 0 Å². The van der Waals surface area contributed by atoms with Crippen LogP contribution >= 0.6 is 0 Å². The largest absolute Gasteiger partial charge is 0.381 e. The Hall–Kier alpha value is -1.39. The number of carbonyl (C=O) groups is 1. The van der Waals surface area contributed by atoms with E-state index in [1.165, 1.54) is 5.56 Å². The summed E-state index contributed by atoms with van der Waals surface area (Å²) in [5, 5.41) is 3.49. The van der Waals surface area contributed by atoms with Crippen molar-refractivity contribution in [1.29, 1.82) is 0 Å². The van der Waals surface area contributed by atoms with Crippen molar-refractivity contribution in [2.75, 3.05) is 19.8 Å². The zero-order valence-electron chi connectivity index (χ0n) is 11.4. The van der Waals surface area contributed by atoms with E-state index in [4.69, 9.17) is 10.5 Å².